The Balaban J connectivity index is 2.24. The fraction of sp³-hybridized carbons (Fsp3) is 0.981. The molecule has 1 rings (SSSR count). The molecule has 0 aromatic rings. The van der Waals surface area contributed by atoms with Crippen molar-refractivity contribution in [2.75, 3.05) is 13.2 Å². The minimum atomic E-state index is -1.55. The van der Waals surface area contributed by atoms with Crippen molar-refractivity contribution >= 4 is 5.91 Å². The molecular weight excluding hydrogens is 767 g/mol. The monoisotopic (exact) mass is 870 g/mol. The predicted molar refractivity (Wildman–Crippen MR) is 254 cm³/mol. The second kappa shape index (κ2) is 43.1. The van der Waals surface area contributed by atoms with Gasteiger partial charge in [0.05, 0.1) is 25.4 Å². The topological polar surface area (TPSA) is 149 Å². The molecule has 0 radical (unpaired) electrons. The van der Waals surface area contributed by atoms with Gasteiger partial charge in [-0.05, 0) is 12.8 Å². The van der Waals surface area contributed by atoms with Crippen LogP contribution in [0.2, 0.25) is 0 Å². The fourth-order valence-electron chi connectivity index (χ4n) is 8.93. The summed E-state index contributed by atoms with van der Waals surface area (Å²) in [7, 11) is 0. The normalized spacial score (nSPS) is 20.3. The highest BCUT2D eigenvalue weighted by atomic mass is 16.7. The zero-order valence-corrected chi connectivity index (χ0v) is 40.2. The largest absolute Gasteiger partial charge is 0.394 e. The van der Waals surface area contributed by atoms with E-state index in [1.54, 1.807) is 0 Å². The number of carbonyl (C=O) groups excluding carboxylic acids is 1. The molecule has 0 aromatic carbocycles. The molecule has 6 N–H and O–H groups in total. The second-order valence-electron chi connectivity index (χ2n) is 19.0. The molecule has 1 heterocycles. The van der Waals surface area contributed by atoms with Gasteiger partial charge in [-0.15, -0.1) is 0 Å². The first-order chi connectivity index (χ1) is 29.8. The molecule has 7 atom stereocenters. The van der Waals surface area contributed by atoms with Crippen LogP contribution in [-0.4, -0.2) is 87.5 Å². The Kier molecular flexibility index (Phi) is 41.1. The van der Waals surface area contributed by atoms with Crippen LogP contribution in [0.25, 0.3) is 0 Å². The molecule has 0 spiro atoms. The highest BCUT2D eigenvalue weighted by Gasteiger charge is 2.44. The SMILES string of the molecule is CCCCCCCCCCCCCCCCCCCCCC(=O)NC(COC1OC(CO)C(O)C(O)C1O)C(O)CCCCCCCCCCCCCCCCCCCCC. The lowest BCUT2D eigenvalue weighted by Gasteiger charge is -2.40. The summed E-state index contributed by atoms with van der Waals surface area (Å²) in [4.78, 5) is 13.0. The minimum Gasteiger partial charge on any atom is -0.394 e. The first-order valence-electron chi connectivity index (χ1n) is 26.7. The first-order valence-corrected chi connectivity index (χ1v) is 26.7. The summed E-state index contributed by atoms with van der Waals surface area (Å²) in [6.07, 6.45) is 42.6. The number of hydrogen-bond donors (Lipinski definition) is 6. The third-order valence-corrected chi connectivity index (χ3v) is 13.2. The van der Waals surface area contributed by atoms with Crippen LogP contribution in [0, 0.1) is 0 Å². The van der Waals surface area contributed by atoms with E-state index < -0.39 is 49.5 Å². The van der Waals surface area contributed by atoms with Gasteiger partial charge in [0.1, 0.15) is 24.4 Å². The number of aliphatic hydroxyl groups excluding tert-OH is 5. The summed E-state index contributed by atoms with van der Waals surface area (Å²) in [5.41, 5.74) is 0. The lowest BCUT2D eigenvalue weighted by molar-refractivity contribution is -0.302. The number of rotatable bonds is 46. The smallest absolute Gasteiger partial charge is 0.220 e. The van der Waals surface area contributed by atoms with Crippen molar-refractivity contribution in [3.05, 3.63) is 0 Å². The fourth-order valence-corrected chi connectivity index (χ4v) is 8.93. The molecule has 1 aliphatic heterocycles. The van der Waals surface area contributed by atoms with Gasteiger partial charge in [0.25, 0.3) is 0 Å². The number of amides is 1. The molecule has 0 aliphatic carbocycles. The Morgan fingerprint density at radius 2 is 0.820 bits per heavy atom. The maximum atomic E-state index is 13.0. The Bertz CT molecular complexity index is 924. The molecule has 7 unspecified atom stereocenters. The van der Waals surface area contributed by atoms with Gasteiger partial charge < -0.3 is 40.3 Å². The van der Waals surface area contributed by atoms with Crippen LogP contribution in [0.3, 0.4) is 0 Å². The summed E-state index contributed by atoms with van der Waals surface area (Å²) < 4.78 is 11.3. The van der Waals surface area contributed by atoms with Crippen molar-refractivity contribution in [1.82, 2.24) is 5.32 Å². The average Bonchev–Trinajstić information content (AvgIpc) is 3.26. The summed E-state index contributed by atoms with van der Waals surface area (Å²) in [6, 6.07) is -0.712. The van der Waals surface area contributed by atoms with E-state index in [0.717, 1.165) is 38.5 Å². The molecule has 1 saturated heterocycles. The van der Waals surface area contributed by atoms with Gasteiger partial charge in [0.15, 0.2) is 6.29 Å². The summed E-state index contributed by atoms with van der Waals surface area (Å²) in [6.45, 7) is 3.88. The summed E-state index contributed by atoms with van der Waals surface area (Å²) in [5.74, 6) is -0.137. The molecule has 0 saturated carbocycles. The van der Waals surface area contributed by atoms with Gasteiger partial charge in [0, 0.05) is 6.42 Å². The molecule has 0 bridgehead atoms. The number of nitrogens with one attached hydrogen (secondary N) is 1. The van der Waals surface area contributed by atoms with Crippen LogP contribution in [0.15, 0.2) is 0 Å². The Hall–Kier alpha value is -0.810. The Labute approximate surface area is 376 Å². The van der Waals surface area contributed by atoms with E-state index in [1.165, 1.54) is 205 Å². The van der Waals surface area contributed by atoms with Gasteiger partial charge in [-0.3, -0.25) is 4.79 Å². The van der Waals surface area contributed by atoms with E-state index in [9.17, 15) is 30.3 Å². The molecule has 9 heteroatoms. The van der Waals surface area contributed by atoms with Gasteiger partial charge in [-0.1, -0.05) is 251 Å². The maximum absolute atomic E-state index is 13.0. The standard InChI is InChI=1S/C52H103NO8/c1-3-5-7-9-11-13-15-17-19-21-23-25-27-29-31-33-35-37-39-41-46(55)45(44-60-52-51(59)50(58)49(57)47(43-54)61-52)53-48(56)42-40-38-36-34-32-30-28-26-24-22-20-18-16-14-12-10-8-6-4-2/h45-47,49-52,54-55,57-59H,3-44H2,1-2H3,(H,53,56). The third-order valence-electron chi connectivity index (χ3n) is 13.2. The van der Waals surface area contributed by atoms with E-state index in [1.807, 2.05) is 0 Å². The van der Waals surface area contributed by atoms with E-state index in [-0.39, 0.29) is 12.5 Å². The average molecular weight is 870 g/mol. The van der Waals surface area contributed by atoms with Gasteiger partial charge >= 0.3 is 0 Å². The number of ether oxygens (including phenoxy) is 2. The Morgan fingerprint density at radius 3 is 1.16 bits per heavy atom. The maximum Gasteiger partial charge on any atom is 0.220 e. The molecule has 1 aliphatic rings. The summed E-state index contributed by atoms with van der Waals surface area (Å²) in [5, 5.41) is 54.6. The van der Waals surface area contributed by atoms with Crippen LogP contribution >= 0.6 is 0 Å². The number of hydrogen-bond acceptors (Lipinski definition) is 8. The van der Waals surface area contributed by atoms with Crippen molar-refractivity contribution in [2.24, 2.45) is 0 Å². The predicted octanol–water partition coefficient (Wildman–Crippen LogP) is 12.3. The van der Waals surface area contributed by atoms with Crippen molar-refractivity contribution in [3.8, 4) is 0 Å². The highest BCUT2D eigenvalue weighted by molar-refractivity contribution is 5.76. The van der Waals surface area contributed by atoms with Crippen LogP contribution in [0.5, 0.6) is 0 Å². The van der Waals surface area contributed by atoms with Crippen molar-refractivity contribution in [1.29, 1.82) is 0 Å². The molecule has 364 valence electrons. The van der Waals surface area contributed by atoms with Crippen LogP contribution in [0.4, 0.5) is 0 Å². The van der Waals surface area contributed by atoms with Crippen molar-refractivity contribution in [2.45, 2.75) is 314 Å². The lowest BCUT2D eigenvalue weighted by Crippen LogP contribution is -2.60. The van der Waals surface area contributed by atoms with Gasteiger partial charge in [-0.25, -0.2) is 0 Å². The first kappa shape index (κ1) is 58.2. The van der Waals surface area contributed by atoms with E-state index in [2.05, 4.69) is 19.2 Å². The zero-order valence-electron chi connectivity index (χ0n) is 40.2. The van der Waals surface area contributed by atoms with Crippen LogP contribution < -0.4 is 5.32 Å². The number of aliphatic hydroxyl groups is 5. The van der Waals surface area contributed by atoms with Crippen molar-refractivity contribution in [3.63, 3.8) is 0 Å². The van der Waals surface area contributed by atoms with Gasteiger partial charge in [-0.2, -0.15) is 0 Å². The third kappa shape index (κ3) is 33.3. The lowest BCUT2D eigenvalue weighted by atomic mass is 9.99. The van der Waals surface area contributed by atoms with Crippen molar-refractivity contribution < 1.29 is 39.8 Å². The molecule has 61 heavy (non-hydrogen) atoms. The quantitative estimate of drug-likeness (QED) is 0.0331. The van der Waals surface area contributed by atoms with Crippen LogP contribution in [-0.2, 0) is 14.3 Å². The summed E-state index contributed by atoms with van der Waals surface area (Å²) >= 11 is 0. The highest BCUT2D eigenvalue weighted by Crippen LogP contribution is 2.23. The van der Waals surface area contributed by atoms with Crippen LogP contribution in [0.1, 0.15) is 271 Å². The Morgan fingerprint density at radius 1 is 0.492 bits per heavy atom. The number of unbranched alkanes of at least 4 members (excludes halogenated alkanes) is 36. The minimum absolute atomic E-state index is 0.131. The zero-order chi connectivity index (χ0) is 44.4. The number of carbonyl (C=O) groups is 1. The van der Waals surface area contributed by atoms with Gasteiger partial charge in [0.2, 0.25) is 5.91 Å². The molecular formula is C52H103NO8. The van der Waals surface area contributed by atoms with E-state index in [0.29, 0.717) is 12.8 Å². The second-order valence-corrected chi connectivity index (χ2v) is 19.0. The molecule has 9 nitrogen and oxygen atoms in total. The van der Waals surface area contributed by atoms with E-state index >= 15 is 0 Å². The molecule has 1 amide bonds. The molecule has 0 aromatic heterocycles. The van der Waals surface area contributed by atoms with E-state index in [4.69, 9.17) is 9.47 Å². The molecule has 1 fully saturated rings.